The van der Waals surface area contributed by atoms with Crippen LogP contribution in [0.3, 0.4) is 0 Å². The summed E-state index contributed by atoms with van der Waals surface area (Å²) < 4.78 is 26.7. The van der Waals surface area contributed by atoms with Gasteiger partial charge in [0.05, 0.1) is 11.7 Å². The third kappa shape index (κ3) is 4.94. The van der Waals surface area contributed by atoms with Crippen molar-refractivity contribution in [1.82, 2.24) is 10.2 Å². The first-order valence-corrected chi connectivity index (χ1v) is 9.81. The quantitative estimate of drug-likeness (QED) is 0.736. The molecule has 0 bridgehead atoms. The maximum Gasteiger partial charge on any atom is 0.313 e. The van der Waals surface area contributed by atoms with Crippen molar-refractivity contribution in [3.63, 3.8) is 0 Å². The third-order valence-electron chi connectivity index (χ3n) is 5.30. The maximum atomic E-state index is 13.7. The second kappa shape index (κ2) is 9.21. The normalized spacial score (nSPS) is 14.3. The molecule has 1 aliphatic rings. The number of nitrogens with one attached hydrogen (secondary N) is 2. The molecule has 160 valence electrons. The van der Waals surface area contributed by atoms with Gasteiger partial charge < -0.3 is 20.4 Å². The van der Waals surface area contributed by atoms with Crippen LogP contribution in [-0.4, -0.2) is 50.9 Å². The van der Waals surface area contributed by atoms with Crippen molar-refractivity contribution in [1.29, 1.82) is 0 Å². The molecule has 0 unspecified atom stereocenters. The first kappa shape index (κ1) is 21.7. The van der Waals surface area contributed by atoms with E-state index in [4.69, 9.17) is 0 Å². The van der Waals surface area contributed by atoms with E-state index in [-0.39, 0.29) is 18.3 Å². The van der Waals surface area contributed by atoms with Crippen LogP contribution in [0.4, 0.5) is 20.2 Å². The molecule has 6 nitrogen and oxygen atoms in total. The number of anilines is 2. The molecule has 1 atom stereocenters. The van der Waals surface area contributed by atoms with Gasteiger partial charge in [-0.2, -0.15) is 0 Å². The Morgan fingerprint density at radius 1 is 1.13 bits per heavy atom. The van der Waals surface area contributed by atoms with Crippen LogP contribution in [0, 0.1) is 11.6 Å². The number of likely N-dealkylation sites (N-methyl/N-ethyl adjacent to an activating group) is 1. The molecule has 2 N–H and O–H groups in total. The first-order valence-electron chi connectivity index (χ1n) is 9.81. The third-order valence-corrected chi connectivity index (χ3v) is 5.30. The number of carbonyl (C=O) groups excluding carboxylic acids is 2. The van der Waals surface area contributed by atoms with E-state index in [1.807, 2.05) is 25.1 Å². The topological polar surface area (TPSA) is 64.7 Å². The van der Waals surface area contributed by atoms with Gasteiger partial charge in [-0.3, -0.25) is 9.59 Å². The number of nitrogens with zero attached hydrogens (tertiary/aromatic N) is 2. The molecule has 1 aliphatic heterocycles. The predicted octanol–water partition coefficient (Wildman–Crippen LogP) is 2.70. The van der Waals surface area contributed by atoms with Gasteiger partial charge in [-0.1, -0.05) is 12.1 Å². The van der Waals surface area contributed by atoms with E-state index in [9.17, 15) is 18.4 Å². The number of amides is 2. The van der Waals surface area contributed by atoms with Crippen molar-refractivity contribution in [3.05, 3.63) is 59.2 Å². The zero-order valence-electron chi connectivity index (χ0n) is 17.3. The molecule has 0 saturated heterocycles. The fourth-order valence-electron chi connectivity index (χ4n) is 3.65. The minimum absolute atomic E-state index is 0.137. The summed E-state index contributed by atoms with van der Waals surface area (Å²) in [6.45, 7) is 1.24. The monoisotopic (exact) mass is 416 g/mol. The summed E-state index contributed by atoms with van der Waals surface area (Å²) in [6, 6.07) is 8.85. The highest BCUT2D eigenvalue weighted by Gasteiger charge is 2.22. The number of hydrogen-bond acceptors (Lipinski definition) is 4. The summed E-state index contributed by atoms with van der Waals surface area (Å²) in [5.41, 5.74) is 3.27. The molecular formula is C22H26F2N4O2. The average molecular weight is 416 g/mol. The minimum Gasteiger partial charge on any atom is -0.374 e. The minimum atomic E-state index is -1.01. The second-order valence-corrected chi connectivity index (χ2v) is 7.68. The number of aryl methyl sites for hydroxylation is 1. The highest BCUT2D eigenvalue weighted by molar-refractivity contribution is 6.39. The molecule has 2 aromatic carbocycles. The van der Waals surface area contributed by atoms with Gasteiger partial charge in [0.2, 0.25) is 0 Å². The van der Waals surface area contributed by atoms with E-state index in [1.165, 1.54) is 11.3 Å². The lowest BCUT2D eigenvalue weighted by molar-refractivity contribution is -0.136. The molecule has 0 fully saturated rings. The number of carbonyl (C=O) groups is 2. The summed E-state index contributed by atoms with van der Waals surface area (Å²) in [4.78, 5) is 28.5. The molecule has 0 aromatic heterocycles. The maximum absolute atomic E-state index is 13.7. The molecule has 0 aliphatic carbocycles. The molecule has 2 amide bonds. The Kier molecular flexibility index (Phi) is 6.66. The lowest BCUT2D eigenvalue weighted by Crippen LogP contribution is -2.40. The van der Waals surface area contributed by atoms with E-state index in [1.54, 1.807) is 0 Å². The molecular weight excluding hydrogens is 390 g/mol. The van der Waals surface area contributed by atoms with Gasteiger partial charge >= 0.3 is 11.8 Å². The fourth-order valence-corrected chi connectivity index (χ4v) is 3.65. The van der Waals surface area contributed by atoms with E-state index >= 15 is 0 Å². The largest absolute Gasteiger partial charge is 0.374 e. The average Bonchev–Trinajstić information content (AvgIpc) is 2.70. The van der Waals surface area contributed by atoms with E-state index in [0.717, 1.165) is 37.1 Å². The van der Waals surface area contributed by atoms with Crippen molar-refractivity contribution in [3.8, 4) is 0 Å². The molecule has 0 saturated carbocycles. The van der Waals surface area contributed by atoms with Crippen LogP contribution in [0.5, 0.6) is 0 Å². The number of halogens is 2. The predicted molar refractivity (Wildman–Crippen MR) is 112 cm³/mol. The van der Waals surface area contributed by atoms with Crippen LogP contribution in [0.25, 0.3) is 0 Å². The number of fused-ring (bicyclic) bond motifs is 1. The Balaban J connectivity index is 1.66. The fraction of sp³-hybridized carbons (Fsp3) is 0.364. The highest BCUT2D eigenvalue weighted by atomic mass is 19.1. The molecule has 0 spiro atoms. The Labute approximate surface area is 174 Å². The standard InChI is InChI=1S/C22H26F2N4O2/c1-27(2)20(15-6-9-19-14(11-15)5-4-10-28(19)3)13-25-21(29)22(30)26-18-8-7-16(23)12-17(18)24/h6-9,11-12,20H,4-5,10,13H2,1-3H3,(H,25,29)(H,26,30)/t20-/m0/s1. The highest BCUT2D eigenvalue weighted by Crippen LogP contribution is 2.29. The van der Waals surface area contributed by atoms with Gasteiger partial charge in [0.15, 0.2) is 0 Å². The summed E-state index contributed by atoms with van der Waals surface area (Å²) >= 11 is 0. The van der Waals surface area contributed by atoms with Crippen LogP contribution in [0.2, 0.25) is 0 Å². The van der Waals surface area contributed by atoms with E-state index in [2.05, 4.69) is 34.7 Å². The lowest BCUT2D eigenvalue weighted by Gasteiger charge is -2.30. The van der Waals surface area contributed by atoms with Crippen molar-refractivity contribution >= 4 is 23.2 Å². The number of rotatable bonds is 5. The van der Waals surface area contributed by atoms with Gasteiger partial charge in [-0.15, -0.1) is 0 Å². The number of hydrogen-bond donors (Lipinski definition) is 2. The van der Waals surface area contributed by atoms with Gasteiger partial charge in [0.1, 0.15) is 11.6 Å². The van der Waals surface area contributed by atoms with Crippen LogP contribution in [0.1, 0.15) is 23.6 Å². The molecule has 0 radical (unpaired) electrons. The molecule has 1 heterocycles. The van der Waals surface area contributed by atoms with E-state index < -0.39 is 23.4 Å². The lowest BCUT2D eigenvalue weighted by atomic mass is 9.96. The Bertz CT molecular complexity index is 949. The van der Waals surface area contributed by atoms with Crippen molar-refractivity contribution in [2.75, 3.05) is 44.4 Å². The van der Waals surface area contributed by atoms with Crippen LogP contribution in [-0.2, 0) is 16.0 Å². The first-order chi connectivity index (χ1) is 14.3. The van der Waals surface area contributed by atoms with Gasteiger partial charge in [0.25, 0.3) is 0 Å². The van der Waals surface area contributed by atoms with Gasteiger partial charge in [0, 0.05) is 31.9 Å². The van der Waals surface area contributed by atoms with Crippen molar-refractivity contribution < 1.29 is 18.4 Å². The summed E-state index contributed by atoms with van der Waals surface area (Å²) in [7, 11) is 5.87. The summed E-state index contributed by atoms with van der Waals surface area (Å²) in [6.07, 6.45) is 2.10. The Hall–Kier alpha value is -3.00. The summed E-state index contributed by atoms with van der Waals surface area (Å²) in [5.74, 6) is -3.60. The SMILES string of the molecule is CN1CCCc2cc([C@H](CNC(=O)C(=O)Nc3ccc(F)cc3F)N(C)C)ccc21. The van der Waals surface area contributed by atoms with Gasteiger partial charge in [-0.25, -0.2) is 8.78 Å². The summed E-state index contributed by atoms with van der Waals surface area (Å²) in [5, 5.41) is 4.77. The number of benzene rings is 2. The van der Waals surface area contributed by atoms with Gasteiger partial charge in [-0.05, 0) is 56.3 Å². The zero-order valence-corrected chi connectivity index (χ0v) is 17.3. The van der Waals surface area contributed by atoms with Crippen molar-refractivity contribution in [2.24, 2.45) is 0 Å². The Morgan fingerprint density at radius 3 is 2.60 bits per heavy atom. The molecule has 3 rings (SSSR count). The molecule has 2 aromatic rings. The molecule has 8 heteroatoms. The second-order valence-electron chi connectivity index (χ2n) is 7.68. The van der Waals surface area contributed by atoms with Crippen molar-refractivity contribution in [2.45, 2.75) is 18.9 Å². The van der Waals surface area contributed by atoms with Crippen LogP contribution >= 0.6 is 0 Å². The zero-order chi connectivity index (χ0) is 21.8. The Morgan fingerprint density at radius 2 is 1.90 bits per heavy atom. The molecule has 30 heavy (non-hydrogen) atoms. The van der Waals surface area contributed by atoms with E-state index in [0.29, 0.717) is 6.07 Å². The van der Waals surface area contributed by atoms with Crippen LogP contribution in [0.15, 0.2) is 36.4 Å². The van der Waals surface area contributed by atoms with Crippen LogP contribution < -0.4 is 15.5 Å². The smallest absolute Gasteiger partial charge is 0.313 e.